The van der Waals surface area contributed by atoms with Gasteiger partial charge in [-0.1, -0.05) is 46.0 Å². The number of aliphatic hydroxyl groups excluding tert-OH is 1. The fourth-order valence-electron chi connectivity index (χ4n) is 6.35. The fourth-order valence-corrected chi connectivity index (χ4v) is 7.94. The average molecular weight is 449 g/mol. The molecule has 1 spiro atoms. The third-order valence-electron chi connectivity index (χ3n) is 9.39. The molecule has 4 rings (SSSR count). The van der Waals surface area contributed by atoms with E-state index in [0.29, 0.717) is 36.9 Å². The van der Waals surface area contributed by atoms with Gasteiger partial charge in [0.05, 0.1) is 25.2 Å². The van der Waals surface area contributed by atoms with Gasteiger partial charge in [-0.05, 0) is 69.0 Å². The van der Waals surface area contributed by atoms with Crippen LogP contribution >= 0.6 is 0 Å². The molecule has 3 aliphatic carbocycles. The zero-order valence-electron chi connectivity index (χ0n) is 20.8. The minimum absolute atomic E-state index is 0.00968. The number of ether oxygens (including phenoxy) is 2. The summed E-state index contributed by atoms with van der Waals surface area (Å²) in [7, 11) is -1.96. The molecule has 4 aliphatic rings. The molecule has 31 heavy (non-hydrogen) atoms. The third-order valence-corrected chi connectivity index (χ3v) is 13.9. The summed E-state index contributed by atoms with van der Waals surface area (Å²) in [5.41, 5.74) is -0.419. The topological polar surface area (TPSA) is 47.9 Å². The van der Waals surface area contributed by atoms with Crippen LogP contribution in [-0.2, 0) is 13.9 Å². The van der Waals surface area contributed by atoms with Crippen LogP contribution in [0.5, 0.6) is 0 Å². The van der Waals surface area contributed by atoms with Gasteiger partial charge in [0, 0.05) is 11.8 Å². The predicted molar refractivity (Wildman–Crippen MR) is 126 cm³/mol. The molecule has 5 heteroatoms. The Morgan fingerprint density at radius 3 is 2.23 bits per heavy atom. The highest BCUT2D eigenvalue weighted by Crippen LogP contribution is 2.62. The van der Waals surface area contributed by atoms with Crippen LogP contribution in [0.25, 0.3) is 0 Å². The predicted octanol–water partition coefficient (Wildman–Crippen LogP) is 5.36. The van der Waals surface area contributed by atoms with Crippen LogP contribution in [0.2, 0.25) is 18.1 Å². The highest BCUT2D eigenvalue weighted by molar-refractivity contribution is 6.74. The molecule has 0 aromatic carbocycles. The van der Waals surface area contributed by atoms with Gasteiger partial charge in [-0.3, -0.25) is 0 Å². The minimum atomic E-state index is -1.96. The Morgan fingerprint density at radius 2 is 1.71 bits per heavy atom. The van der Waals surface area contributed by atoms with Crippen LogP contribution < -0.4 is 0 Å². The van der Waals surface area contributed by atoms with Crippen molar-refractivity contribution in [1.29, 1.82) is 0 Å². The first-order valence-electron chi connectivity index (χ1n) is 12.6. The van der Waals surface area contributed by atoms with Gasteiger partial charge in [0.2, 0.25) is 0 Å². The van der Waals surface area contributed by atoms with Crippen molar-refractivity contribution in [1.82, 2.24) is 0 Å². The third kappa shape index (κ3) is 3.85. The average Bonchev–Trinajstić information content (AvgIpc) is 3.10. The van der Waals surface area contributed by atoms with Crippen LogP contribution in [0.4, 0.5) is 0 Å². The van der Waals surface area contributed by atoms with Gasteiger partial charge in [-0.15, -0.1) is 0 Å². The van der Waals surface area contributed by atoms with Crippen LogP contribution in [-0.4, -0.2) is 44.1 Å². The van der Waals surface area contributed by atoms with Crippen molar-refractivity contribution in [3.05, 3.63) is 0 Å². The lowest BCUT2D eigenvalue weighted by Gasteiger charge is -2.62. The zero-order chi connectivity index (χ0) is 22.7. The smallest absolute Gasteiger partial charge is 0.194 e. The van der Waals surface area contributed by atoms with Crippen molar-refractivity contribution in [2.24, 2.45) is 29.6 Å². The van der Waals surface area contributed by atoms with Crippen molar-refractivity contribution in [2.75, 3.05) is 13.2 Å². The molecule has 4 nitrogen and oxygen atoms in total. The van der Waals surface area contributed by atoms with Crippen molar-refractivity contribution < 1.29 is 19.0 Å². The molecule has 176 valence electrons. The molecular weight excluding hydrogens is 404 g/mol. The zero-order valence-corrected chi connectivity index (χ0v) is 21.8. The first kappa shape index (κ1) is 23.8. The van der Waals surface area contributed by atoms with Crippen molar-refractivity contribution in [2.45, 2.75) is 109 Å². The largest absolute Gasteiger partial charge is 0.401 e. The SMILES string of the molecule is CCC1[C@@H]2[C@@H](C#C[C@](C)(O[Si](C)(C)C(C)(C)C)C3CCC3)[C@H](O)CC[C@@H]2C12OCCO2. The lowest BCUT2D eigenvalue weighted by Crippen LogP contribution is -2.67. The van der Waals surface area contributed by atoms with E-state index in [2.05, 4.69) is 59.6 Å². The number of fused-ring (bicyclic) bond motifs is 2. The summed E-state index contributed by atoms with van der Waals surface area (Å²) in [6.07, 6.45) is 6.07. The Morgan fingerprint density at radius 1 is 1.06 bits per heavy atom. The van der Waals surface area contributed by atoms with E-state index in [0.717, 1.165) is 19.3 Å². The van der Waals surface area contributed by atoms with Crippen LogP contribution in [0.15, 0.2) is 0 Å². The second-order valence-corrected chi connectivity index (χ2v) is 16.9. The molecule has 0 bridgehead atoms. The standard InChI is InChI=1S/C26H44O4Si/c1-8-20-23-19(22(27)13-12-21(23)26(20)28-16-17-29-26)14-15-25(5,18-10-9-11-18)30-31(6,7)24(2,3)4/h18-23,27H,8-13,16-17H2,1-7H3/t19-,20?,21-,22+,23-,25-/m0/s1. The van der Waals surface area contributed by atoms with Crippen LogP contribution in [0.1, 0.15) is 73.1 Å². The maximum atomic E-state index is 11.0. The van der Waals surface area contributed by atoms with Gasteiger partial charge in [-0.25, -0.2) is 0 Å². The lowest BCUT2D eigenvalue weighted by atomic mass is 9.49. The summed E-state index contributed by atoms with van der Waals surface area (Å²) in [6, 6.07) is 0. The van der Waals surface area contributed by atoms with Crippen molar-refractivity contribution >= 4 is 8.32 Å². The molecule has 0 aromatic heterocycles. The molecule has 1 saturated heterocycles. The summed E-state index contributed by atoms with van der Waals surface area (Å²) < 4.78 is 19.3. The maximum absolute atomic E-state index is 11.0. The van der Waals surface area contributed by atoms with Crippen molar-refractivity contribution in [3.63, 3.8) is 0 Å². The Balaban J connectivity index is 1.61. The number of hydrogen-bond donors (Lipinski definition) is 1. The number of hydrogen-bond acceptors (Lipinski definition) is 4. The van der Waals surface area contributed by atoms with Gasteiger partial charge in [0.15, 0.2) is 14.1 Å². The molecule has 1 heterocycles. The highest BCUT2D eigenvalue weighted by Gasteiger charge is 2.68. The Labute approximate surface area is 190 Å². The first-order valence-corrected chi connectivity index (χ1v) is 15.5. The van der Waals surface area contributed by atoms with E-state index >= 15 is 0 Å². The summed E-state index contributed by atoms with van der Waals surface area (Å²) in [4.78, 5) is 0. The minimum Gasteiger partial charge on any atom is -0.401 e. The van der Waals surface area contributed by atoms with Crippen LogP contribution in [0.3, 0.4) is 0 Å². The molecule has 6 atom stereocenters. The molecule has 0 aromatic rings. The molecular formula is C26H44O4Si. The first-order chi connectivity index (χ1) is 14.5. The van der Waals surface area contributed by atoms with E-state index in [9.17, 15) is 5.11 Å². The summed E-state index contributed by atoms with van der Waals surface area (Å²) >= 11 is 0. The van der Waals surface area contributed by atoms with Gasteiger partial charge >= 0.3 is 0 Å². The lowest BCUT2D eigenvalue weighted by molar-refractivity contribution is -0.340. The second kappa shape index (κ2) is 8.13. The maximum Gasteiger partial charge on any atom is 0.194 e. The summed E-state index contributed by atoms with van der Waals surface area (Å²) in [5.74, 6) is 8.41. The second-order valence-electron chi connectivity index (χ2n) is 12.2. The Kier molecular flexibility index (Phi) is 6.23. The molecule has 1 aliphatic heterocycles. The number of aliphatic hydroxyl groups is 1. The van der Waals surface area contributed by atoms with Gasteiger partial charge in [0.25, 0.3) is 0 Å². The van der Waals surface area contributed by atoms with Gasteiger partial charge < -0.3 is 19.0 Å². The van der Waals surface area contributed by atoms with E-state index in [4.69, 9.17) is 13.9 Å². The van der Waals surface area contributed by atoms with Gasteiger partial charge in [0.1, 0.15) is 5.60 Å². The quantitative estimate of drug-likeness (QED) is 0.465. The summed E-state index contributed by atoms with van der Waals surface area (Å²) in [6.45, 7) is 17.4. The van der Waals surface area contributed by atoms with E-state index in [1.807, 2.05) is 0 Å². The van der Waals surface area contributed by atoms with Gasteiger partial charge in [-0.2, -0.15) is 0 Å². The Hall–Kier alpha value is -0.383. The Bertz CT molecular complexity index is 714. The molecule has 0 radical (unpaired) electrons. The monoisotopic (exact) mass is 448 g/mol. The van der Waals surface area contributed by atoms with Crippen molar-refractivity contribution in [3.8, 4) is 11.8 Å². The molecule has 0 amide bonds. The highest BCUT2D eigenvalue weighted by atomic mass is 28.4. The normalized spacial score (nSPS) is 37.2. The molecule has 1 N–H and O–H groups in total. The molecule has 1 unspecified atom stereocenters. The molecule has 4 fully saturated rings. The summed E-state index contributed by atoms with van der Waals surface area (Å²) in [5, 5.41) is 11.1. The van der Waals surface area contributed by atoms with Crippen LogP contribution in [0, 0.1) is 41.4 Å². The fraction of sp³-hybridized carbons (Fsp3) is 0.923. The van der Waals surface area contributed by atoms with E-state index < -0.39 is 19.7 Å². The molecule has 3 saturated carbocycles. The van der Waals surface area contributed by atoms with E-state index in [-0.39, 0.29) is 17.1 Å². The van der Waals surface area contributed by atoms with E-state index in [1.54, 1.807) is 0 Å². The van der Waals surface area contributed by atoms with E-state index in [1.165, 1.54) is 19.3 Å². The number of rotatable bonds is 4.